The Morgan fingerprint density at radius 1 is 1.00 bits per heavy atom. The van der Waals surface area contributed by atoms with E-state index in [0.717, 1.165) is 19.1 Å². The van der Waals surface area contributed by atoms with Crippen LogP contribution in [0.2, 0.25) is 0 Å². The van der Waals surface area contributed by atoms with E-state index in [4.69, 9.17) is 0 Å². The summed E-state index contributed by atoms with van der Waals surface area (Å²) < 4.78 is 0. The number of carbonyl (C=O) groups is 1. The molecule has 15 heavy (non-hydrogen) atoms. The fourth-order valence-corrected chi connectivity index (χ4v) is 1.89. The van der Waals surface area contributed by atoms with E-state index in [1.165, 1.54) is 16.3 Å². The first-order valence-corrected chi connectivity index (χ1v) is 5.32. The molecule has 0 spiro atoms. The molecule has 1 heteroatoms. The van der Waals surface area contributed by atoms with Crippen LogP contribution in [0.15, 0.2) is 42.5 Å². The molecule has 0 heterocycles. The minimum Gasteiger partial charge on any atom is -0.303 e. The van der Waals surface area contributed by atoms with Crippen molar-refractivity contribution < 1.29 is 4.79 Å². The molecule has 0 atom stereocenters. The minimum absolute atomic E-state index is 0.656. The first-order valence-electron chi connectivity index (χ1n) is 5.32. The lowest BCUT2D eigenvalue weighted by atomic mass is 10.0. The fourth-order valence-electron chi connectivity index (χ4n) is 1.89. The van der Waals surface area contributed by atoms with Gasteiger partial charge in [-0.05, 0) is 29.2 Å². The van der Waals surface area contributed by atoms with Crippen LogP contribution < -0.4 is 0 Å². The monoisotopic (exact) mass is 198 g/mol. The van der Waals surface area contributed by atoms with Gasteiger partial charge < -0.3 is 4.79 Å². The number of rotatable bonds is 4. The largest absolute Gasteiger partial charge is 0.303 e. The molecule has 0 N–H and O–H groups in total. The average molecular weight is 198 g/mol. The van der Waals surface area contributed by atoms with Crippen LogP contribution in [0.1, 0.15) is 18.4 Å². The van der Waals surface area contributed by atoms with Gasteiger partial charge in [0.2, 0.25) is 0 Å². The van der Waals surface area contributed by atoms with Crippen molar-refractivity contribution in [3.05, 3.63) is 48.0 Å². The van der Waals surface area contributed by atoms with Crippen molar-refractivity contribution in [2.45, 2.75) is 19.3 Å². The van der Waals surface area contributed by atoms with E-state index in [1.807, 2.05) is 0 Å². The number of benzene rings is 2. The highest BCUT2D eigenvalue weighted by Crippen LogP contribution is 2.19. The highest BCUT2D eigenvalue weighted by atomic mass is 16.1. The van der Waals surface area contributed by atoms with Crippen molar-refractivity contribution in [1.29, 1.82) is 0 Å². The molecule has 0 radical (unpaired) electrons. The third kappa shape index (κ3) is 2.24. The van der Waals surface area contributed by atoms with Gasteiger partial charge in [-0.25, -0.2) is 0 Å². The van der Waals surface area contributed by atoms with Crippen molar-refractivity contribution >= 4 is 17.1 Å². The highest BCUT2D eigenvalue weighted by molar-refractivity contribution is 5.85. The zero-order chi connectivity index (χ0) is 10.5. The second-order valence-corrected chi connectivity index (χ2v) is 3.70. The van der Waals surface area contributed by atoms with E-state index in [2.05, 4.69) is 42.5 Å². The molecule has 0 bridgehead atoms. The van der Waals surface area contributed by atoms with Crippen LogP contribution >= 0.6 is 0 Å². The molecule has 2 rings (SSSR count). The molecule has 0 saturated heterocycles. The van der Waals surface area contributed by atoms with Crippen LogP contribution in [-0.2, 0) is 11.2 Å². The molecule has 0 saturated carbocycles. The van der Waals surface area contributed by atoms with E-state index >= 15 is 0 Å². The molecular formula is C14H14O. The van der Waals surface area contributed by atoms with Gasteiger partial charge in [-0.2, -0.15) is 0 Å². The summed E-state index contributed by atoms with van der Waals surface area (Å²) in [6.45, 7) is 0. The maximum Gasteiger partial charge on any atom is 0.120 e. The second kappa shape index (κ2) is 4.74. The number of aryl methyl sites for hydroxylation is 1. The van der Waals surface area contributed by atoms with E-state index in [0.29, 0.717) is 6.42 Å². The number of hydrogen-bond acceptors (Lipinski definition) is 1. The van der Waals surface area contributed by atoms with Crippen molar-refractivity contribution in [1.82, 2.24) is 0 Å². The van der Waals surface area contributed by atoms with Crippen LogP contribution in [0.4, 0.5) is 0 Å². The Labute approximate surface area is 89.7 Å². The van der Waals surface area contributed by atoms with Crippen molar-refractivity contribution in [2.24, 2.45) is 0 Å². The lowest BCUT2D eigenvalue weighted by Crippen LogP contribution is -1.88. The molecule has 0 aliphatic rings. The Morgan fingerprint density at radius 3 is 2.67 bits per heavy atom. The Morgan fingerprint density at radius 2 is 1.80 bits per heavy atom. The second-order valence-electron chi connectivity index (χ2n) is 3.70. The summed E-state index contributed by atoms with van der Waals surface area (Å²) in [4.78, 5) is 10.3. The van der Waals surface area contributed by atoms with Crippen molar-refractivity contribution in [2.75, 3.05) is 0 Å². The lowest BCUT2D eigenvalue weighted by Gasteiger charge is -2.04. The van der Waals surface area contributed by atoms with E-state index in [9.17, 15) is 4.79 Å². The Balaban J connectivity index is 2.30. The first-order chi connectivity index (χ1) is 7.42. The Bertz CT molecular complexity index is 454. The minimum atomic E-state index is 0.656. The molecule has 0 fully saturated rings. The zero-order valence-electron chi connectivity index (χ0n) is 8.65. The van der Waals surface area contributed by atoms with Gasteiger partial charge in [0.05, 0.1) is 0 Å². The number of hydrogen-bond donors (Lipinski definition) is 0. The smallest absolute Gasteiger partial charge is 0.120 e. The van der Waals surface area contributed by atoms with Gasteiger partial charge in [0.25, 0.3) is 0 Å². The van der Waals surface area contributed by atoms with Gasteiger partial charge in [-0.15, -0.1) is 0 Å². The molecule has 2 aromatic rings. The molecule has 2 aromatic carbocycles. The third-order valence-electron chi connectivity index (χ3n) is 2.65. The summed E-state index contributed by atoms with van der Waals surface area (Å²) in [5, 5.41) is 2.59. The maximum absolute atomic E-state index is 10.3. The zero-order valence-corrected chi connectivity index (χ0v) is 8.65. The standard InChI is InChI=1S/C14H14O/c15-11-4-3-7-13-9-5-8-12-6-1-2-10-14(12)13/h1-2,5-6,8-11H,3-4,7H2. The van der Waals surface area contributed by atoms with Crippen LogP contribution in [0, 0.1) is 0 Å². The van der Waals surface area contributed by atoms with Gasteiger partial charge in [0.15, 0.2) is 0 Å². The fraction of sp³-hybridized carbons (Fsp3) is 0.214. The third-order valence-corrected chi connectivity index (χ3v) is 2.65. The predicted octanol–water partition coefficient (Wildman–Crippen LogP) is 3.36. The van der Waals surface area contributed by atoms with E-state index in [-0.39, 0.29) is 0 Å². The molecule has 0 amide bonds. The summed E-state index contributed by atoms with van der Waals surface area (Å²) in [5.41, 5.74) is 1.34. The summed E-state index contributed by atoms with van der Waals surface area (Å²) in [6.07, 6.45) is 3.58. The molecule has 76 valence electrons. The Hall–Kier alpha value is -1.63. The molecule has 0 aromatic heterocycles. The van der Waals surface area contributed by atoms with Crippen LogP contribution in [0.3, 0.4) is 0 Å². The number of carbonyl (C=O) groups excluding carboxylic acids is 1. The van der Waals surface area contributed by atoms with Crippen LogP contribution in [-0.4, -0.2) is 6.29 Å². The Kier molecular flexibility index (Phi) is 3.13. The molecule has 0 unspecified atom stereocenters. The van der Waals surface area contributed by atoms with Crippen molar-refractivity contribution in [3.8, 4) is 0 Å². The maximum atomic E-state index is 10.3. The number of unbranched alkanes of at least 4 members (excludes halogenated alkanes) is 1. The van der Waals surface area contributed by atoms with Gasteiger partial charge in [0.1, 0.15) is 6.29 Å². The van der Waals surface area contributed by atoms with Gasteiger partial charge in [-0.3, -0.25) is 0 Å². The first kappa shape index (κ1) is 9.91. The van der Waals surface area contributed by atoms with Gasteiger partial charge in [-0.1, -0.05) is 42.5 Å². The normalized spacial score (nSPS) is 10.4. The summed E-state index contributed by atoms with van der Waals surface area (Å²) >= 11 is 0. The number of fused-ring (bicyclic) bond motifs is 1. The van der Waals surface area contributed by atoms with Gasteiger partial charge >= 0.3 is 0 Å². The molecular weight excluding hydrogens is 184 g/mol. The molecule has 1 nitrogen and oxygen atoms in total. The van der Waals surface area contributed by atoms with E-state index in [1.54, 1.807) is 0 Å². The average Bonchev–Trinajstić information content (AvgIpc) is 2.30. The predicted molar refractivity (Wildman–Crippen MR) is 63.0 cm³/mol. The SMILES string of the molecule is O=CCCCc1cccc2ccccc12. The topological polar surface area (TPSA) is 17.1 Å². The number of aldehydes is 1. The molecule has 0 aliphatic heterocycles. The van der Waals surface area contributed by atoms with Crippen molar-refractivity contribution in [3.63, 3.8) is 0 Å². The van der Waals surface area contributed by atoms with Crippen LogP contribution in [0.25, 0.3) is 10.8 Å². The lowest BCUT2D eigenvalue weighted by molar-refractivity contribution is -0.107. The van der Waals surface area contributed by atoms with Gasteiger partial charge in [0, 0.05) is 6.42 Å². The highest BCUT2D eigenvalue weighted by Gasteiger charge is 1.99. The van der Waals surface area contributed by atoms with E-state index < -0.39 is 0 Å². The van der Waals surface area contributed by atoms with Crippen LogP contribution in [0.5, 0.6) is 0 Å². The summed E-state index contributed by atoms with van der Waals surface area (Å²) in [7, 11) is 0. The molecule has 0 aliphatic carbocycles. The summed E-state index contributed by atoms with van der Waals surface area (Å²) in [6, 6.07) is 14.7. The quantitative estimate of drug-likeness (QED) is 0.544. The summed E-state index contributed by atoms with van der Waals surface area (Å²) in [5.74, 6) is 0.